The van der Waals surface area contributed by atoms with E-state index in [-0.39, 0.29) is 4.90 Å². The van der Waals surface area contributed by atoms with Crippen molar-refractivity contribution in [2.24, 2.45) is 5.14 Å². The molecule has 174 valence electrons. The van der Waals surface area contributed by atoms with Gasteiger partial charge in [-0.1, -0.05) is 25.5 Å². The Morgan fingerprint density at radius 3 is 2.30 bits per heavy atom. The summed E-state index contributed by atoms with van der Waals surface area (Å²) in [7, 11) is -3.76. The zero-order valence-corrected chi connectivity index (χ0v) is 19.8. The van der Waals surface area contributed by atoms with Crippen molar-refractivity contribution in [2.75, 3.05) is 26.2 Å². The van der Waals surface area contributed by atoms with Crippen molar-refractivity contribution in [3.63, 3.8) is 0 Å². The number of hydrogen-bond donors (Lipinski definition) is 1. The maximum Gasteiger partial charge on any atom is 0.238 e. The lowest BCUT2D eigenvalue weighted by molar-refractivity contribution is 0.119. The monoisotopic (exact) mass is 466 g/mol. The second kappa shape index (κ2) is 10.0. The number of primary sulfonamides is 1. The van der Waals surface area contributed by atoms with E-state index in [0.717, 1.165) is 70.0 Å². The Hall–Kier alpha value is -2.77. The second-order valence-corrected chi connectivity index (χ2v) is 10.2. The van der Waals surface area contributed by atoms with Crippen molar-refractivity contribution in [3.05, 3.63) is 59.4 Å². The molecule has 1 aliphatic rings. The fraction of sp³-hybridized carbons (Fsp3) is 0.417. The number of aromatic nitrogens is 2. The van der Waals surface area contributed by atoms with Gasteiger partial charge in [0.05, 0.1) is 34.1 Å². The molecule has 0 radical (unpaired) electrons. The van der Waals surface area contributed by atoms with Crippen molar-refractivity contribution in [1.29, 1.82) is 5.26 Å². The molecule has 1 saturated heterocycles. The number of rotatable bonds is 8. The quantitative estimate of drug-likeness (QED) is 0.547. The number of hydrogen-bond acceptors (Lipinski definition) is 6. The van der Waals surface area contributed by atoms with Crippen LogP contribution in [0.5, 0.6) is 0 Å². The Bertz CT molecular complexity index is 1250. The number of nitrogens with zero attached hydrogens (tertiary/aromatic N) is 5. The lowest BCUT2D eigenvalue weighted by atomic mass is 10.1. The topological polar surface area (TPSA) is 108 Å². The third kappa shape index (κ3) is 5.60. The SMILES string of the molecule is CCCCn1c(CN2CCN(Cc3ccc(C#N)cc3)CC2)nc2cc(S(N)(=O)=O)ccc21. The summed E-state index contributed by atoms with van der Waals surface area (Å²) in [5, 5.41) is 14.3. The molecule has 3 aromatic rings. The summed E-state index contributed by atoms with van der Waals surface area (Å²) in [6.45, 7) is 8.43. The summed E-state index contributed by atoms with van der Waals surface area (Å²) in [6, 6.07) is 14.9. The van der Waals surface area contributed by atoms with Crippen molar-refractivity contribution in [3.8, 4) is 6.07 Å². The van der Waals surface area contributed by atoms with Gasteiger partial charge < -0.3 is 4.57 Å². The lowest BCUT2D eigenvalue weighted by Gasteiger charge is -2.34. The van der Waals surface area contributed by atoms with Crippen LogP contribution in [0, 0.1) is 11.3 Å². The van der Waals surface area contributed by atoms with E-state index in [1.165, 1.54) is 5.56 Å². The maximum absolute atomic E-state index is 11.8. The van der Waals surface area contributed by atoms with Gasteiger partial charge in [0, 0.05) is 39.3 Å². The summed E-state index contributed by atoms with van der Waals surface area (Å²) in [4.78, 5) is 9.72. The van der Waals surface area contributed by atoms with Crippen molar-refractivity contribution in [2.45, 2.75) is 44.3 Å². The molecule has 0 saturated carbocycles. The highest BCUT2D eigenvalue weighted by Gasteiger charge is 2.21. The third-order valence-electron chi connectivity index (χ3n) is 6.18. The van der Waals surface area contributed by atoms with Crippen LogP contribution in [-0.4, -0.2) is 53.9 Å². The van der Waals surface area contributed by atoms with E-state index < -0.39 is 10.0 Å². The summed E-state index contributed by atoms with van der Waals surface area (Å²) >= 11 is 0. The fourth-order valence-corrected chi connectivity index (χ4v) is 4.80. The number of nitrogens with two attached hydrogens (primary N) is 1. The number of imidazole rings is 1. The zero-order chi connectivity index (χ0) is 23.4. The number of fused-ring (bicyclic) bond motifs is 1. The zero-order valence-electron chi connectivity index (χ0n) is 18.9. The lowest BCUT2D eigenvalue weighted by Crippen LogP contribution is -2.45. The first-order valence-electron chi connectivity index (χ1n) is 11.3. The van der Waals surface area contributed by atoms with Crippen LogP contribution >= 0.6 is 0 Å². The van der Waals surface area contributed by atoms with Gasteiger partial charge in [0.2, 0.25) is 10.0 Å². The predicted molar refractivity (Wildman–Crippen MR) is 128 cm³/mol. The van der Waals surface area contributed by atoms with Crippen LogP contribution in [0.15, 0.2) is 47.4 Å². The molecular weight excluding hydrogens is 436 g/mol. The Kier molecular flexibility index (Phi) is 7.10. The average molecular weight is 467 g/mol. The highest BCUT2D eigenvalue weighted by Crippen LogP contribution is 2.22. The minimum Gasteiger partial charge on any atom is -0.327 e. The maximum atomic E-state index is 11.8. The van der Waals surface area contributed by atoms with Gasteiger partial charge in [0.15, 0.2) is 0 Å². The number of benzene rings is 2. The first-order chi connectivity index (χ1) is 15.9. The molecule has 0 atom stereocenters. The van der Waals surface area contributed by atoms with E-state index in [2.05, 4.69) is 27.4 Å². The van der Waals surface area contributed by atoms with E-state index in [9.17, 15) is 8.42 Å². The molecule has 9 heteroatoms. The van der Waals surface area contributed by atoms with Crippen molar-refractivity contribution in [1.82, 2.24) is 19.4 Å². The summed E-state index contributed by atoms with van der Waals surface area (Å²) in [6.07, 6.45) is 2.11. The van der Waals surface area contributed by atoms with Crippen LogP contribution in [0.2, 0.25) is 0 Å². The fourth-order valence-electron chi connectivity index (χ4n) is 4.27. The van der Waals surface area contributed by atoms with Crippen LogP contribution in [-0.2, 0) is 29.7 Å². The van der Waals surface area contributed by atoms with Gasteiger partial charge in [-0.3, -0.25) is 9.80 Å². The molecule has 2 N–H and O–H groups in total. The van der Waals surface area contributed by atoms with E-state index in [4.69, 9.17) is 15.4 Å². The third-order valence-corrected chi connectivity index (χ3v) is 7.09. The smallest absolute Gasteiger partial charge is 0.238 e. The summed E-state index contributed by atoms with van der Waals surface area (Å²) in [5.41, 5.74) is 3.53. The van der Waals surface area contributed by atoms with Gasteiger partial charge in [-0.25, -0.2) is 18.5 Å². The number of sulfonamides is 1. The standard InChI is InChI=1S/C24H30N6O2S/c1-2-3-10-30-23-9-8-21(33(26,31)32)15-22(23)27-24(30)18-29-13-11-28(12-14-29)17-20-6-4-19(16-25)5-7-20/h4-9,15H,2-3,10-14,17-18H2,1H3,(H2,26,31,32). The van der Waals surface area contributed by atoms with Crippen molar-refractivity contribution >= 4 is 21.1 Å². The Morgan fingerprint density at radius 1 is 1.03 bits per heavy atom. The van der Waals surface area contributed by atoms with Gasteiger partial charge in [-0.05, 0) is 42.3 Å². The molecular formula is C24H30N6O2S. The highest BCUT2D eigenvalue weighted by atomic mass is 32.2. The van der Waals surface area contributed by atoms with Crippen LogP contribution in [0.25, 0.3) is 11.0 Å². The molecule has 8 nitrogen and oxygen atoms in total. The summed E-state index contributed by atoms with van der Waals surface area (Å²) < 4.78 is 25.8. The largest absolute Gasteiger partial charge is 0.327 e. The second-order valence-electron chi connectivity index (χ2n) is 8.59. The molecule has 1 aromatic heterocycles. The molecule has 0 aliphatic carbocycles. The molecule has 0 unspecified atom stereocenters. The number of aryl methyl sites for hydroxylation is 1. The summed E-state index contributed by atoms with van der Waals surface area (Å²) in [5.74, 6) is 0.963. The van der Waals surface area contributed by atoms with E-state index in [0.29, 0.717) is 11.1 Å². The van der Waals surface area contributed by atoms with Crippen molar-refractivity contribution < 1.29 is 8.42 Å². The normalized spacial score (nSPS) is 15.7. The molecule has 2 heterocycles. The minimum absolute atomic E-state index is 0.0955. The molecule has 0 spiro atoms. The Labute approximate surface area is 195 Å². The van der Waals surface area contributed by atoms with Crippen LogP contribution in [0.4, 0.5) is 0 Å². The highest BCUT2D eigenvalue weighted by molar-refractivity contribution is 7.89. The predicted octanol–water partition coefficient (Wildman–Crippen LogP) is 2.67. The number of nitriles is 1. The Morgan fingerprint density at radius 2 is 1.70 bits per heavy atom. The van der Waals surface area contributed by atoms with Gasteiger partial charge in [-0.2, -0.15) is 5.26 Å². The first kappa shape index (κ1) is 23.4. The molecule has 1 fully saturated rings. The van der Waals surface area contributed by atoms with Gasteiger partial charge in [0.25, 0.3) is 0 Å². The van der Waals surface area contributed by atoms with E-state index in [1.807, 2.05) is 30.3 Å². The molecule has 33 heavy (non-hydrogen) atoms. The average Bonchev–Trinajstić information content (AvgIpc) is 3.15. The van der Waals surface area contributed by atoms with Gasteiger partial charge in [-0.15, -0.1) is 0 Å². The van der Waals surface area contributed by atoms with Crippen LogP contribution < -0.4 is 5.14 Å². The molecule has 0 amide bonds. The van der Waals surface area contributed by atoms with Crippen LogP contribution in [0.1, 0.15) is 36.7 Å². The molecule has 4 rings (SSSR count). The molecule has 1 aliphatic heterocycles. The number of piperazine rings is 1. The molecule has 2 aromatic carbocycles. The Balaban J connectivity index is 1.45. The first-order valence-corrected chi connectivity index (χ1v) is 12.9. The van der Waals surface area contributed by atoms with Crippen LogP contribution in [0.3, 0.4) is 0 Å². The van der Waals surface area contributed by atoms with E-state index >= 15 is 0 Å². The van der Waals surface area contributed by atoms with E-state index in [1.54, 1.807) is 12.1 Å². The van der Waals surface area contributed by atoms with Gasteiger partial charge >= 0.3 is 0 Å². The molecule has 0 bridgehead atoms. The number of unbranched alkanes of at least 4 members (excludes halogenated alkanes) is 1. The minimum atomic E-state index is -3.76. The van der Waals surface area contributed by atoms with Gasteiger partial charge in [0.1, 0.15) is 5.82 Å².